The van der Waals surface area contributed by atoms with Crippen molar-refractivity contribution >= 4 is 0 Å². The molecule has 0 spiro atoms. The Bertz CT molecular complexity index is 119. The van der Waals surface area contributed by atoms with Crippen LogP contribution in [0.4, 0.5) is 0 Å². The molecule has 0 saturated heterocycles. The maximum Gasteiger partial charge on any atom is 0.0251 e. The van der Waals surface area contributed by atoms with E-state index in [1.54, 1.807) is 0 Å². The van der Waals surface area contributed by atoms with Crippen LogP contribution in [0.2, 0.25) is 0 Å². The fourth-order valence-electron chi connectivity index (χ4n) is 1.40. The summed E-state index contributed by atoms with van der Waals surface area (Å²) >= 11 is 0. The SMILES string of the molecule is C#CC(C(C)CC)C(C)CC. The molecule has 0 N–H and O–H groups in total. The second kappa shape index (κ2) is 5.24. The minimum Gasteiger partial charge on any atom is -0.120 e. The average molecular weight is 152 g/mol. The lowest BCUT2D eigenvalue weighted by atomic mass is 9.81. The van der Waals surface area contributed by atoms with E-state index in [0.29, 0.717) is 17.8 Å². The second-order valence-electron chi connectivity index (χ2n) is 3.46. The zero-order chi connectivity index (χ0) is 8.85. The van der Waals surface area contributed by atoms with Gasteiger partial charge in [-0.1, -0.05) is 40.5 Å². The van der Waals surface area contributed by atoms with E-state index in [1.807, 2.05) is 0 Å². The van der Waals surface area contributed by atoms with Crippen molar-refractivity contribution in [2.45, 2.75) is 40.5 Å². The third-order valence-electron chi connectivity index (χ3n) is 2.71. The minimum atomic E-state index is 0.477. The fraction of sp³-hybridized carbons (Fsp3) is 0.818. The van der Waals surface area contributed by atoms with Gasteiger partial charge in [0, 0.05) is 5.92 Å². The summed E-state index contributed by atoms with van der Waals surface area (Å²) in [6, 6.07) is 0. The van der Waals surface area contributed by atoms with Crippen molar-refractivity contribution < 1.29 is 0 Å². The molecule has 0 fully saturated rings. The topological polar surface area (TPSA) is 0 Å². The summed E-state index contributed by atoms with van der Waals surface area (Å²) in [5.74, 6) is 4.73. The average Bonchev–Trinajstić information content (AvgIpc) is 2.05. The molecule has 0 aromatic carbocycles. The van der Waals surface area contributed by atoms with Crippen molar-refractivity contribution in [2.75, 3.05) is 0 Å². The van der Waals surface area contributed by atoms with Gasteiger partial charge in [-0.05, 0) is 11.8 Å². The lowest BCUT2D eigenvalue weighted by Crippen LogP contribution is -2.16. The number of hydrogen-bond donors (Lipinski definition) is 0. The quantitative estimate of drug-likeness (QED) is 0.542. The zero-order valence-electron chi connectivity index (χ0n) is 8.22. The molecule has 0 heterocycles. The summed E-state index contributed by atoms with van der Waals surface area (Å²) < 4.78 is 0. The Kier molecular flexibility index (Phi) is 5.03. The highest BCUT2D eigenvalue weighted by Gasteiger charge is 2.18. The molecule has 2 unspecified atom stereocenters. The molecule has 64 valence electrons. The Hall–Kier alpha value is -0.440. The van der Waals surface area contributed by atoms with Gasteiger partial charge in [0.1, 0.15) is 0 Å². The van der Waals surface area contributed by atoms with Gasteiger partial charge in [-0.25, -0.2) is 0 Å². The van der Waals surface area contributed by atoms with E-state index >= 15 is 0 Å². The second-order valence-corrected chi connectivity index (χ2v) is 3.46. The van der Waals surface area contributed by atoms with Gasteiger partial charge in [-0.15, -0.1) is 12.3 Å². The van der Waals surface area contributed by atoms with E-state index in [4.69, 9.17) is 6.42 Å². The van der Waals surface area contributed by atoms with Crippen molar-refractivity contribution in [2.24, 2.45) is 17.8 Å². The minimum absolute atomic E-state index is 0.477. The third-order valence-corrected chi connectivity index (χ3v) is 2.71. The van der Waals surface area contributed by atoms with Crippen molar-refractivity contribution in [1.29, 1.82) is 0 Å². The van der Waals surface area contributed by atoms with Crippen molar-refractivity contribution in [3.8, 4) is 12.3 Å². The highest BCUT2D eigenvalue weighted by molar-refractivity contribution is 4.97. The summed E-state index contributed by atoms with van der Waals surface area (Å²) in [5, 5.41) is 0. The molecule has 0 aromatic rings. The predicted octanol–water partition coefficient (Wildman–Crippen LogP) is 3.33. The third kappa shape index (κ3) is 2.97. The molecule has 11 heavy (non-hydrogen) atoms. The van der Waals surface area contributed by atoms with Gasteiger partial charge in [0.15, 0.2) is 0 Å². The van der Waals surface area contributed by atoms with Gasteiger partial charge in [0.25, 0.3) is 0 Å². The largest absolute Gasteiger partial charge is 0.120 e. The molecule has 0 saturated carbocycles. The molecule has 0 amide bonds. The van der Waals surface area contributed by atoms with E-state index in [-0.39, 0.29) is 0 Å². The van der Waals surface area contributed by atoms with Crippen LogP contribution < -0.4 is 0 Å². The summed E-state index contributed by atoms with van der Waals surface area (Å²) in [5.41, 5.74) is 0. The normalized spacial score (nSPS) is 18.5. The zero-order valence-corrected chi connectivity index (χ0v) is 8.22. The molecule has 0 aliphatic rings. The maximum absolute atomic E-state index is 5.48. The molecular weight excluding hydrogens is 132 g/mol. The first-order chi connectivity index (χ1) is 5.17. The van der Waals surface area contributed by atoms with Crippen LogP contribution in [0, 0.1) is 30.1 Å². The van der Waals surface area contributed by atoms with Crippen molar-refractivity contribution in [3.05, 3.63) is 0 Å². The van der Waals surface area contributed by atoms with Crippen molar-refractivity contribution in [3.63, 3.8) is 0 Å². The van der Waals surface area contributed by atoms with Crippen LogP contribution in [0.3, 0.4) is 0 Å². The van der Waals surface area contributed by atoms with Gasteiger partial charge in [0.2, 0.25) is 0 Å². The molecule has 0 aliphatic carbocycles. The van der Waals surface area contributed by atoms with Crippen LogP contribution in [-0.2, 0) is 0 Å². The molecule has 0 rings (SSSR count). The summed E-state index contributed by atoms with van der Waals surface area (Å²) in [4.78, 5) is 0. The highest BCUT2D eigenvalue weighted by atomic mass is 14.2. The number of terminal acetylenes is 1. The van der Waals surface area contributed by atoms with E-state index in [1.165, 1.54) is 12.8 Å². The van der Waals surface area contributed by atoms with E-state index in [0.717, 1.165) is 0 Å². The molecule has 0 aromatic heterocycles. The number of rotatable bonds is 4. The van der Waals surface area contributed by atoms with Gasteiger partial charge in [-0.2, -0.15) is 0 Å². The molecule has 0 heteroatoms. The van der Waals surface area contributed by atoms with Gasteiger partial charge < -0.3 is 0 Å². The van der Waals surface area contributed by atoms with Gasteiger partial charge in [0.05, 0.1) is 0 Å². The lowest BCUT2D eigenvalue weighted by Gasteiger charge is -2.22. The Labute approximate surface area is 71.4 Å². The molecular formula is C11H20. The van der Waals surface area contributed by atoms with Crippen LogP contribution in [0.25, 0.3) is 0 Å². The van der Waals surface area contributed by atoms with Crippen LogP contribution in [0.15, 0.2) is 0 Å². The van der Waals surface area contributed by atoms with Gasteiger partial charge >= 0.3 is 0 Å². The van der Waals surface area contributed by atoms with Crippen LogP contribution in [0.1, 0.15) is 40.5 Å². The maximum atomic E-state index is 5.48. The highest BCUT2D eigenvalue weighted by Crippen LogP contribution is 2.24. The van der Waals surface area contributed by atoms with E-state index < -0.39 is 0 Å². The monoisotopic (exact) mass is 152 g/mol. The summed E-state index contributed by atoms with van der Waals surface area (Å²) in [6.07, 6.45) is 7.86. The van der Waals surface area contributed by atoms with Crippen LogP contribution in [-0.4, -0.2) is 0 Å². The number of hydrogen-bond acceptors (Lipinski definition) is 0. The summed E-state index contributed by atoms with van der Waals surface area (Å²) in [7, 11) is 0. The predicted molar refractivity (Wildman–Crippen MR) is 51.2 cm³/mol. The van der Waals surface area contributed by atoms with E-state index in [9.17, 15) is 0 Å². The molecule has 0 aliphatic heterocycles. The molecule has 2 atom stereocenters. The van der Waals surface area contributed by atoms with Crippen LogP contribution >= 0.6 is 0 Å². The first kappa shape index (κ1) is 10.6. The van der Waals surface area contributed by atoms with E-state index in [2.05, 4.69) is 33.6 Å². The summed E-state index contributed by atoms with van der Waals surface area (Å²) in [6.45, 7) is 8.90. The Morgan fingerprint density at radius 3 is 1.64 bits per heavy atom. The molecule has 0 nitrogen and oxygen atoms in total. The molecule has 0 bridgehead atoms. The first-order valence-corrected chi connectivity index (χ1v) is 4.63. The smallest absolute Gasteiger partial charge is 0.0251 e. The lowest BCUT2D eigenvalue weighted by molar-refractivity contribution is 0.312. The van der Waals surface area contributed by atoms with Crippen LogP contribution in [0.5, 0.6) is 0 Å². The molecule has 0 radical (unpaired) electrons. The van der Waals surface area contributed by atoms with Gasteiger partial charge in [-0.3, -0.25) is 0 Å². The fourth-order valence-corrected chi connectivity index (χ4v) is 1.40. The first-order valence-electron chi connectivity index (χ1n) is 4.63. The standard InChI is InChI=1S/C11H20/c1-6-9(4)11(8-3)10(5)7-2/h3,9-11H,6-7H2,1-2,4-5H3. The Morgan fingerprint density at radius 2 is 1.45 bits per heavy atom. The Morgan fingerprint density at radius 1 is 1.09 bits per heavy atom. The van der Waals surface area contributed by atoms with Crippen molar-refractivity contribution in [1.82, 2.24) is 0 Å². The Balaban J connectivity index is 4.06.